The van der Waals surface area contributed by atoms with Gasteiger partial charge in [-0.15, -0.1) is 11.3 Å². The van der Waals surface area contributed by atoms with Crippen LogP contribution in [0.2, 0.25) is 0 Å². The maximum atomic E-state index is 6.25. The number of rotatable bonds is 4. The molecule has 0 aliphatic rings. The summed E-state index contributed by atoms with van der Waals surface area (Å²) < 4.78 is 11.0. The molecule has 5 nitrogen and oxygen atoms in total. The summed E-state index contributed by atoms with van der Waals surface area (Å²) in [5.74, 6) is 1.89. The van der Waals surface area contributed by atoms with E-state index in [0.29, 0.717) is 17.5 Å². The van der Waals surface area contributed by atoms with Crippen LogP contribution in [0.1, 0.15) is 0 Å². The van der Waals surface area contributed by atoms with E-state index in [2.05, 4.69) is 102 Å². The zero-order valence-electron chi connectivity index (χ0n) is 27.1. The van der Waals surface area contributed by atoms with Gasteiger partial charge in [-0.25, -0.2) is 15.0 Å². The molecule has 6 heteroatoms. The van der Waals surface area contributed by atoms with E-state index in [-0.39, 0.29) is 0 Å². The van der Waals surface area contributed by atoms with Crippen molar-refractivity contribution in [3.8, 4) is 39.9 Å². The molecule has 4 aromatic heterocycles. The zero-order chi connectivity index (χ0) is 33.5. The van der Waals surface area contributed by atoms with Gasteiger partial charge in [0.2, 0.25) is 0 Å². The zero-order valence-corrected chi connectivity index (χ0v) is 27.9. The maximum absolute atomic E-state index is 6.25. The Bertz CT molecular complexity index is 3100. The number of furan rings is 1. The highest BCUT2D eigenvalue weighted by Gasteiger charge is 2.20. The van der Waals surface area contributed by atoms with E-state index in [0.717, 1.165) is 49.0 Å². The molecular formula is C45H26N4OS. The van der Waals surface area contributed by atoms with E-state index in [1.54, 1.807) is 11.3 Å². The standard InChI is InChI=1S/C45H26N4OS/c1-2-12-27(13-3-1)43-46-44(33-18-11-23-39-41(33)32-16-6-9-22-38(32)50-39)48-45(47-43)34-19-10-17-31-35-26-28(24-25-40(35)51-42(31)34)49-36-20-7-4-14-29(36)30-15-5-8-21-37(30)49/h1-26H. The first-order chi connectivity index (χ1) is 25.3. The summed E-state index contributed by atoms with van der Waals surface area (Å²) in [5, 5.41) is 6.94. The predicted octanol–water partition coefficient (Wildman–Crippen LogP) is 12.2. The van der Waals surface area contributed by atoms with Crippen LogP contribution in [0.15, 0.2) is 162 Å². The van der Waals surface area contributed by atoms with Crippen LogP contribution in [0.25, 0.3) is 104 Å². The van der Waals surface area contributed by atoms with Crippen LogP contribution < -0.4 is 0 Å². The van der Waals surface area contributed by atoms with Gasteiger partial charge in [-0.2, -0.15) is 0 Å². The average Bonchev–Trinajstić information content (AvgIpc) is 3.87. The molecule has 0 fully saturated rings. The molecule has 0 radical (unpaired) electrons. The van der Waals surface area contributed by atoms with E-state index in [9.17, 15) is 0 Å². The number of benzene rings is 7. The fourth-order valence-electron chi connectivity index (χ4n) is 7.60. The molecule has 0 N–H and O–H groups in total. The number of aromatic nitrogens is 4. The van der Waals surface area contributed by atoms with Crippen molar-refractivity contribution in [2.45, 2.75) is 0 Å². The highest BCUT2D eigenvalue weighted by Crippen LogP contribution is 2.42. The van der Waals surface area contributed by atoms with Crippen LogP contribution in [-0.4, -0.2) is 19.5 Å². The van der Waals surface area contributed by atoms with Crippen molar-refractivity contribution in [3.05, 3.63) is 158 Å². The third-order valence-corrected chi connectivity index (χ3v) is 11.1. The summed E-state index contributed by atoms with van der Waals surface area (Å²) in [5.41, 5.74) is 8.02. The lowest BCUT2D eigenvalue weighted by Gasteiger charge is -2.10. The molecule has 0 atom stereocenters. The molecule has 7 aromatic carbocycles. The van der Waals surface area contributed by atoms with Crippen molar-refractivity contribution in [3.63, 3.8) is 0 Å². The topological polar surface area (TPSA) is 56.7 Å². The molecule has 51 heavy (non-hydrogen) atoms. The molecule has 11 rings (SSSR count). The molecule has 0 aliphatic heterocycles. The quantitative estimate of drug-likeness (QED) is 0.187. The van der Waals surface area contributed by atoms with Crippen LogP contribution in [-0.2, 0) is 0 Å². The number of para-hydroxylation sites is 3. The highest BCUT2D eigenvalue weighted by molar-refractivity contribution is 7.26. The van der Waals surface area contributed by atoms with Gasteiger partial charge in [0.25, 0.3) is 0 Å². The monoisotopic (exact) mass is 670 g/mol. The molecule has 0 aliphatic carbocycles. The van der Waals surface area contributed by atoms with Gasteiger partial charge in [0, 0.05) is 64.1 Å². The van der Waals surface area contributed by atoms with Crippen LogP contribution >= 0.6 is 11.3 Å². The number of nitrogens with zero attached hydrogens (tertiary/aromatic N) is 4. The van der Waals surface area contributed by atoms with Gasteiger partial charge in [0.1, 0.15) is 11.2 Å². The lowest BCUT2D eigenvalue weighted by Crippen LogP contribution is -2.00. The Labute approximate surface area is 295 Å². The minimum absolute atomic E-state index is 0.614. The van der Waals surface area contributed by atoms with Gasteiger partial charge < -0.3 is 8.98 Å². The van der Waals surface area contributed by atoms with Crippen molar-refractivity contribution >= 4 is 75.3 Å². The fourth-order valence-corrected chi connectivity index (χ4v) is 8.79. The molecule has 0 spiro atoms. The van der Waals surface area contributed by atoms with Gasteiger partial charge in [0.15, 0.2) is 17.5 Å². The van der Waals surface area contributed by atoms with E-state index >= 15 is 0 Å². The molecule has 0 saturated heterocycles. The van der Waals surface area contributed by atoms with Crippen LogP contribution in [0.5, 0.6) is 0 Å². The van der Waals surface area contributed by atoms with Crippen LogP contribution in [0.3, 0.4) is 0 Å². The summed E-state index contributed by atoms with van der Waals surface area (Å²) in [6.07, 6.45) is 0. The second kappa shape index (κ2) is 10.9. The van der Waals surface area contributed by atoms with E-state index in [4.69, 9.17) is 19.4 Å². The molecule has 0 bridgehead atoms. The van der Waals surface area contributed by atoms with Gasteiger partial charge in [0.05, 0.1) is 11.0 Å². The summed E-state index contributed by atoms with van der Waals surface area (Å²) in [4.78, 5) is 15.4. The number of hydrogen-bond acceptors (Lipinski definition) is 5. The Balaban J connectivity index is 1.14. The summed E-state index contributed by atoms with van der Waals surface area (Å²) >= 11 is 1.78. The largest absolute Gasteiger partial charge is 0.456 e. The molecule has 11 aromatic rings. The van der Waals surface area contributed by atoms with Crippen molar-refractivity contribution in [1.82, 2.24) is 19.5 Å². The van der Waals surface area contributed by atoms with Gasteiger partial charge in [-0.05, 0) is 48.5 Å². The maximum Gasteiger partial charge on any atom is 0.165 e. The van der Waals surface area contributed by atoms with E-state index in [1.807, 2.05) is 60.7 Å². The van der Waals surface area contributed by atoms with E-state index < -0.39 is 0 Å². The van der Waals surface area contributed by atoms with Gasteiger partial charge >= 0.3 is 0 Å². The highest BCUT2D eigenvalue weighted by atomic mass is 32.1. The summed E-state index contributed by atoms with van der Waals surface area (Å²) in [6, 6.07) is 54.9. The Morgan fingerprint density at radius 1 is 0.451 bits per heavy atom. The first kappa shape index (κ1) is 28.2. The van der Waals surface area contributed by atoms with Gasteiger partial charge in [-0.1, -0.05) is 109 Å². The normalized spacial score (nSPS) is 11.9. The molecule has 0 unspecified atom stereocenters. The van der Waals surface area contributed by atoms with Crippen molar-refractivity contribution < 1.29 is 4.42 Å². The van der Waals surface area contributed by atoms with Crippen molar-refractivity contribution in [2.75, 3.05) is 0 Å². The second-order valence-corrected chi connectivity index (χ2v) is 13.8. The Morgan fingerprint density at radius 2 is 1.06 bits per heavy atom. The molecular weight excluding hydrogens is 645 g/mol. The smallest absolute Gasteiger partial charge is 0.165 e. The summed E-state index contributed by atoms with van der Waals surface area (Å²) in [7, 11) is 0. The third-order valence-electron chi connectivity index (χ3n) is 9.87. The third kappa shape index (κ3) is 4.30. The SMILES string of the molecule is c1ccc(-c2nc(-c3cccc4c3sc3ccc(-n5c6ccccc6c6ccccc65)cc34)nc(-c3cccc4oc5ccccc5c34)n2)cc1. The van der Waals surface area contributed by atoms with Crippen molar-refractivity contribution in [2.24, 2.45) is 0 Å². The lowest BCUT2D eigenvalue weighted by molar-refractivity contribution is 0.669. The first-order valence-electron chi connectivity index (χ1n) is 16.9. The van der Waals surface area contributed by atoms with Crippen LogP contribution in [0.4, 0.5) is 0 Å². The minimum atomic E-state index is 0.614. The van der Waals surface area contributed by atoms with E-state index in [1.165, 1.54) is 37.3 Å². The first-order valence-corrected chi connectivity index (χ1v) is 17.8. The fraction of sp³-hybridized carbons (Fsp3) is 0. The lowest BCUT2D eigenvalue weighted by atomic mass is 10.0. The van der Waals surface area contributed by atoms with Crippen molar-refractivity contribution in [1.29, 1.82) is 0 Å². The Hall–Kier alpha value is -6.63. The minimum Gasteiger partial charge on any atom is -0.456 e. The molecule has 0 amide bonds. The molecule has 0 saturated carbocycles. The molecule has 4 heterocycles. The second-order valence-electron chi connectivity index (χ2n) is 12.8. The number of thiophene rings is 1. The van der Waals surface area contributed by atoms with Gasteiger partial charge in [-0.3, -0.25) is 0 Å². The summed E-state index contributed by atoms with van der Waals surface area (Å²) in [6.45, 7) is 0. The predicted molar refractivity (Wildman–Crippen MR) is 211 cm³/mol. The Morgan fingerprint density at radius 3 is 1.86 bits per heavy atom. The Kier molecular flexibility index (Phi) is 6.05. The number of hydrogen-bond donors (Lipinski definition) is 0. The molecule has 238 valence electrons. The number of fused-ring (bicyclic) bond motifs is 9. The van der Waals surface area contributed by atoms with Crippen LogP contribution in [0, 0.1) is 0 Å². The average molecular weight is 671 g/mol.